The molecule has 5 heteroatoms. The van der Waals surface area contributed by atoms with E-state index in [1.807, 2.05) is 23.1 Å². The summed E-state index contributed by atoms with van der Waals surface area (Å²) in [6.45, 7) is 1.54. The number of aliphatic hydroxyl groups excluding tert-OH is 1. The second kappa shape index (κ2) is 7.65. The normalized spacial score (nSPS) is 18.1. The molecule has 1 aliphatic heterocycles. The first-order valence-corrected chi connectivity index (χ1v) is 7.20. The molecule has 1 N–H and O–H groups in total. The van der Waals surface area contributed by atoms with Crippen LogP contribution in [0.5, 0.6) is 5.75 Å². The summed E-state index contributed by atoms with van der Waals surface area (Å²) in [5.41, 5.74) is 0.876. The van der Waals surface area contributed by atoms with Crippen LogP contribution in [-0.2, 0) is 11.2 Å². The molecule has 0 aromatic heterocycles. The Morgan fingerprint density at radius 2 is 2.38 bits per heavy atom. The van der Waals surface area contributed by atoms with Crippen molar-refractivity contribution < 1.29 is 14.6 Å². The summed E-state index contributed by atoms with van der Waals surface area (Å²) in [5.74, 6) is 0.882. The zero-order valence-electron chi connectivity index (χ0n) is 12.0. The monoisotopic (exact) mass is 288 g/mol. The topological polar surface area (TPSA) is 73.6 Å². The van der Waals surface area contributed by atoms with Crippen LogP contribution in [0.4, 0.5) is 0 Å². The maximum absolute atomic E-state index is 12.3. The minimum absolute atomic E-state index is 0.00169. The van der Waals surface area contributed by atoms with E-state index < -0.39 is 0 Å². The summed E-state index contributed by atoms with van der Waals surface area (Å²) in [7, 11) is 0. The third-order valence-electron chi connectivity index (χ3n) is 3.69. The summed E-state index contributed by atoms with van der Waals surface area (Å²) in [6.07, 6.45) is 2.25. The smallest absolute Gasteiger partial charge is 0.227 e. The highest BCUT2D eigenvalue weighted by Crippen LogP contribution is 2.18. The van der Waals surface area contributed by atoms with Gasteiger partial charge in [0.2, 0.25) is 5.91 Å². The van der Waals surface area contributed by atoms with Crippen molar-refractivity contribution in [3.8, 4) is 11.8 Å². The molecule has 1 heterocycles. The van der Waals surface area contributed by atoms with Crippen LogP contribution in [0.25, 0.3) is 0 Å². The van der Waals surface area contributed by atoms with E-state index in [1.165, 1.54) is 0 Å². The lowest BCUT2D eigenvalue weighted by atomic mass is 9.98. The van der Waals surface area contributed by atoms with E-state index in [1.54, 1.807) is 12.1 Å². The van der Waals surface area contributed by atoms with Gasteiger partial charge < -0.3 is 14.7 Å². The Labute approximate surface area is 124 Å². The summed E-state index contributed by atoms with van der Waals surface area (Å²) < 4.78 is 5.24. The van der Waals surface area contributed by atoms with Crippen LogP contribution in [0.1, 0.15) is 18.4 Å². The van der Waals surface area contributed by atoms with Crippen LogP contribution in [0.2, 0.25) is 0 Å². The zero-order chi connectivity index (χ0) is 15.1. The van der Waals surface area contributed by atoms with Gasteiger partial charge in [0.1, 0.15) is 11.8 Å². The van der Waals surface area contributed by atoms with Crippen LogP contribution in [0.15, 0.2) is 24.3 Å². The van der Waals surface area contributed by atoms with E-state index in [0.717, 1.165) is 24.9 Å². The molecule has 0 saturated carbocycles. The number of likely N-dealkylation sites (tertiary alicyclic amines) is 1. The first-order chi connectivity index (χ1) is 10.2. The molecule has 2 rings (SSSR count). The van der Waals surface area contributed by atoms with E-state index in [2.05, 4.69) is 0 Å². The quantitative estimate of drug-likeness (QED) is 0.888. The average Bonchev–Trinajstić information content (AvgIpc) is 2.53. The third kappa shape index (κ3) is 4.47. The van der Waals surface area contributed by atoms with Gasteiger partial charge in [-0.3, -0.25) is 4.79 Å². The lowest BCUT2D eigenvalue weighted by Crippen LogP contribution is -2.41. The third-order valence-corrected chi connectivity index (χ3v) is 3.69. The maximum Gasteiger partial charge on any atom is 0.227 e. The minimum atomic E-state index is 0.00169. The predicted molar refractivity (Wildman–Crippen MR) is 77.6 cm³/mol. The second-order valence-corrected chi connectivity index (χ2v) is 5.30. The number of ether oxygens (including phenoxy) is 1. The predicted octanol–water partition coefficient (Wildman–Crippen LogP) is 1.36. The van der Waals surface area contributed by atoms with Gasteiger partial charge in [-0.05, 0) is 36.5 Å². The number of nitriles is 1. The van der Waals surface area contributed by atoms with Crippen molar-refractivity contribution in [1.29, 1.82) is 5.26 Å². The molecule has 0 bridgehead atoms. The number of aliphatic hydroxyl groups is 1. The van der Waals surface area contributed by atoms with Gasteiger partial charge in [0.15, 0.2) is 6.61 Å². The maximum atomic E-state index is 12.3. The first kappa shape index (κ1) is 15.3. The summed E-state index contributed by atoms with van der Waals surface area (Å²) in [6, 6.07) is 9.19. The van der Waals surface area contributed by atoms with Crippen molar-refractivity contribution in [1.82, 2.24) is 4.90 Å². The second-order valence-electron chi connectivity index (χ2n) is 5.30. The Hall–Kier alpha value is -2.06. The van der Waals surface area contributed by atoms with Gasteiger partial charge in [-0.25, -0.2) is 0 Å². The van der Waals surface area contributed by atoms with Crippen LogP contribution in [0, 0.1) is 17.2 Å². The molecular formula is C16H20N2O3. The number of hydrogen-bond donors (Lipinski definition) is 1. The lowest BCUT2D eigenvalue weighted by Gasteiger charge is -2.32. The summed E-state index contributed by atoms with van der Waals surface area (Å²) >= 11 is 0. The fraction of sp³-hybridized carbons (Fsp3) is 0.500. The van der Waals surface area contributed by atoms with Crippen molar-refractivity contribution in [2.24, 2.45) is 5.92 Å². The van der Waals surface area contributed by atoms with Gasteiger partial charge in [0, 0.05) is 19.7 Å². The standard InChI is InChI=1S/C16H20N2O3/c17-6-8-21-15-5-1-3-13(9-15)10-16(20)18-7-2-4-14(11-18)12-19/h1,3,5,9,14,19H,2,4,7-8,10-12H2. The molecule has 112 valence electrons. The van der Waals surface area contributed by atoms with E-state index in [0.29, 0.717) is 18.7 Å². The van der Waals surface area contributed by atoms with Gasteiger partial charge in [-0.15, -0.1) is 0 Å². The molecule has 1 fully saturated rings. The Bertz CT molecular complexity index is 524. The van der Waals surface area contributed by atoms with Crippen LogP contribution in [0.3, 0.4) is 0 Å². The number of rotatable bonds is 5. The van der Waals surface area contributed by atoms with Crippen LogP contribution >= 0.6 is 0 Å². The molecule has 1 unspecified atom stereocenters. The number of carbonyl (C=O) groups excluding carboxylic acids is 1. The van der Waals surface area contributed by atoms with Gasteiger partial charge in [0.05, 0.1) is 6.42 Å². The van der Waals surface area contributed by atoms with E-state index in [-0.39, 0.29) is 25.0 Å². The summed E-state index contributed by atoms with van der Waals surface area (Å²) in [5, 5.41) is 17.7. The van der Waals surface area contributed by atoms with Crippen LogP contribution in [-0.4, -0.2) is 42.2 Å². The van der Waals surface area contributed by atoms with Gasteiger partial charge in [-0.1, -0.05) is 12.1 Å². The molecule has 21 heavy (non-hydrogen) atoms. The summed E-state index contributed by atoms with van der Waals surface area (Å²) in [4.78, 5) is 14.1. The zero-order valence-corrected chi connectivity index (χ0v) is 12.0. The number of nitrogens with zero attached hydrogens (tertiary/aromatic N) is 2. The molecule has 1 aromatic rings. The largest absolute Gasteiger partial charge is 0.479 e. The minimum Gasteiger partial charge on any atom is -0.479 e. The van der Waals surface area contributed by atoms with Crippen molar-refractivity contribution in [2.75, 3.05) is 26.3 Å². The molecule has 0 spiro atoms. The molecule has 1 saturated heterocycles. The Balaban J connectivity index is 1.94. The van der Waals surface area contributed by atoms with Crippen molar-refractivity contribution in [3.63, 3.8) is 0 Å². The lowest BCUT2D eigenvalue weighted by molar-refractivity contribution is -0.132. The number of benzene rings is 1. The molecule has 0 radical (unpaired) electrons. The van der Waals surface area contributed by atoms with Crippen molar-refractivity contribution in [3.05, 3.63) is 29.8 Å². The average molecular weight is 288 g/mol. The number of carbonyl (C=O) groups is 1. The molecule has 1 aliphatic rings. The molecule has 1 aromatic carbocycles. The Morgan fingerprint density at radius 3 is 3.14 bits per heavy atom. The highest BCUT2D eigenvalue weighted by molar-refractivity contribution is 5.79. The Kier molecular flexibility index (Phi) is 5.59. The SMILES string of the molecule is N#CCOc1cccc(CC(=O)N2CCCC(CO)C2)c1. The fourth-order valence-corrected chi connectivity index (χ4v) is 2.59. The van der Waals surface area contributed by atoms with Crippen molar-refractivity contribution >= 4 is 5.91 Å². The number of hydrogen-bond acceptors (Lipinski definition) is 4. The van der Waals surface area contributed by atoms with Gasteiger partial charge in [0.25, 0.3) is 0 Å². The van der Waals surface area contributed by atoms with Gasteiger partial charge >= 0.3 is 0 Å². The molecular weight excluding hydrogens is 268 g/mol. The van der Waals surface area contributed by atoms with E-state index in [4.69, 9.17) is 10.00 Å². The number of amides is 1. The highest BCUT2D eigenvalue weighted by Gasteiger charge is 2.23. The van der Waals surface area contributed by atoms with E-state index >= 15 is 0 Å². The molecule has 5 nitrogen and oxygen atoms in total. The van der Waals surface area contributed by atoms with Crippen LogP contribution < -0.4 is 4.74 Å². The van der Waals surface area contributed by atoms with Crippen molar-refractivity contribution in [2.45, 2.75) is 19.3 Å². The molecule has 0 aliphatic carbocycles. The molecule has 1 atom stereocenters. The number of piperidine rings is 1. The first-order valence-electron chi connectivity index (χ1n) is 7.20. The van der Waals surface area contributed by atoms with E-state index in [9.17, 15) is 9.90 Å². The molecule has 1 amide bonds. The Morgan fingerprint density at radius 1 is 1.52 bits per heavy atom. The van der Waals surface area contributed by atoms with Gasteiger partial charge in [-0.2, -0.15) is 5.26 Å². The highest BCUT2D eigenvalue weighted by atomic mass is 16.5. The fourth-order valence-electron chi connectivity index (χ4n) is 2.59.